The van der Waals surface area contributed by atoms with Gasteiger partial charge in [-0.15, -0.1) is 0 Å². The van der Waals surface area contributed by atoms with Crippen molar-refractivity contribution >= 4 is 27.5 Å². The third-order valence-electron chi connectivity index (χ3n) is 2.50. The smallest absolute Gasteiger partial charge is 0.262 e. The molecule has 0 radical (unpaired) electrons. The van der Waals surface area contributed by atoms with E-state index in [-0.39, 0.29) is 12.5 Å². The van der Waals surface area contributed by atoms with Gasteiger partial charge in [0.2, 0.25) is 0 Å². The first-order chi connectivity index (χ1) is 9.13. The van der Waals surface area contributed by atoms with Gasteiger partial charge >= 0.3 is 0 Å². The van der Waals surface area contributed by atoms with E-state index in [0.29, 0.717) is 5.75 Å². The highest BCUT2D eigenvalue weighted by Gasteiger charge is 2.03. The Morgan fingerprint density at radius 1 is 1.21 bits per heavy atom. The Morgan fingerprint density at radius 2 is 1.95 bits per heavy atom. The second kappa shape index (κ2) is 6.38. The Morgan fingerprint density at radius 3 is 2.63 bits per heavy atom. The van der Waals surface area contributed by atoms with Crippen molar-refractivity contribution in [1.82, 2.24) is 0 Å². The van der Waals surface area contributed by atoms with Crippen LogP contribution in [-0.4, -0.2) is 12.5 Å². The van der Waals surface area contributed by atoms with Gasteiger partial charge in [0.15, 0.2) is 6.61 Å². The molecule has 0 heterocycles. The topological polar surface area (TPSA) is 38.3 Å². The molecule has 4 heteroatoms. The number of aryl methyl sites for hydroxylation is 1. The zero-order chi connectivity index (χ0) is 13.7. The van der Waals surface area contributed by atoms with Gasteiger partial charge in [-0.2, -0.15) is 0 Å². The van der Waals surface area contributed by atoms with Crippen LogP contribution >= 0.6 is 15.9 Å². The summed E-state index contributed by atoms with van der Waals surface area (Å²) in [4.78, 5) is 11.7. The first-order valence-corrected chi connectivity index (χ1v) is 6.68. The second-order valence-electron chi connectivity index (χ2n) is 4.16. The summed E-state index contributed by atoms with van der Waals surface area (Å²) in [6.45, 7) is 1.99. The summed E-state index contributed by atoms with van der Waals surface area (Å²) in [6, 6.07) is 15.0. The van der Waals surface area contributed by atoms with Crippen molar-refractivity contribution < 1.29 is 9.53 Å². The number of halogens is 1. The van der Waals surface area contributed by atoms with Crippen LogP contribution in [0.15, 0.2) is 53.0 Å². The van der Waals surface area contributed by atoms with Crippen molar-refractivity contribution in [3.05, 3.63) is 58.6 Å². The Balaban J connectivity index is 1.86. The second-order valence-corrected chi connectivity index (χ2v) is 5.08. The summed E-state index contributed by atoms with van der Waals surface area (Å²) in [6.07, 6.45) is 0. The van der Waals surface area contributed by atoms with Crippen LogP contribution in [0.2, 0.25) is 0 Å². The summed E-state index contributed by atoms with van der Waals surface area (Å²) < 4.78 is 6.32. The van der Waals surface area contributed by atoms with Crippen LogP contribution in [0.25, 0.3) is 0 Å². The van der Waals surface area contributed by atoms with Gasteiger partial charge in [-0.3, -0.25) is 4.79 Å². The van der Waals surface area contributed by atoms with Crippen LogP contribution in [-0.2, 0) is 4.79 Å². The fourth-order valence-electron chi connectivity index (χ4n) is 1.54. The van der Waals surface area contributed by atoms with Crippen molar-refractivity contribution in [3.8, 4) is 5.75 Å². The Hall–Kier alpha value is -1.81. The van der Waals surface area contributed by atoms with E-state index >= 15 is 0 Å². The summed E-state index contributed by atoms with van der Waals surface area (Å²) >= 11 is 3.35. The number of nitrogens with one attached hydrogen (secondary N) is 1. The minimum atomic E-state index is -0.177. The molecule has 0 aliphatic carbocycles. The molecule has 19 heavy (non-hydrogen) atoms. The van der Waals surface area contributed by atoms with E-state index in [1.165, 1.54) is 0 Å². The highest BCUT2D eigenvalue weighted by molar-refractivity contribution is 9.10. The standard InChI is InChI=1S/C15H14BrNO2/c1-11-5-7-13(8-6-11)17-15(18)10-19-14-4-2-3-12(16)9-14/h2-9H,10H2,1H3,(H,17,18). The fourth-order valence-corrected chi connectivity index (χ4v) is 1.92. The van der Waals surface area contributed by atoms with Crippen LogP contribution in [0.1, 0.15) is 5.56 Å². The maximum Gasteiger partial charge on any atom is 0.262 e. The molecule has 0 aromatic heterocycles. The van der Waals surface area contributed by atoms with Crippen LogP contribution in [0.5, 0.6) is 5.75 Å². The van der Waals surface area contributed by atoms with Gasteiger partial charge in [-0.25, -0.2) is 0 Å². The maximum atomic E-state index is 11.7. The molecule has 0 atom stereocenters. The molecule has 0 unspecified atom stereocenters. The Labute approximate surface area is 120 Å². The predicted octanol–water partition coefficient (Wildman–Crippen LogP) is 3.78. The van der Waals surface area contributed by atoms with Crippen molar-refractivity contribution in [2.45, 2.75) is 6.92 Å². The number of rotatable bonds is 4. The summed E-state index contributed by atoms with van der Waals surface area (Å²) in [5.41, 5.74) is 1.93. The largest absolute Gasteiger partial charge is 0.484 e. The number of benzene rings is 2. The number of hydrogen-bond donors (Lipinski definition) is 1. The quantitative estimate of drug-likeness (QED) is 0.931. The highest BCUT2D eigenvalue weighted by Crippen LogP contribution is 2.17. The van der Waals surface area contributed by atoms with Crippen LogP contribution in [0.3, 0.4) is 0 Å². The lowest BCUT2D eigenvalue weighted by Gasteiger charge is -2.08. The lowest BCUT2D eigenvalue weighted by atomic mass is 10.2. The summed E-state index contributed by atoms with van der Waals surface area (Å²) in [5, 5.41) is 2.78. The van der Waals surface area contributed by atoms with Gasteiger partial charge in [-0.1, -0.05) is 39.7 Å². The average molecular weight is 320 g/mol. The van der Waals surface area contributed by atoms with Crippen molar-refractivity contribution in [2.24, 2.45) is 0 Å². The van der Waals surface area contributed by atoms with Crippen LogP contribution in [0, 0.1) is 6.92 Å². The lowest BCUT2D eigenvalue weighted by Crippen LogP contribution is -2.20. The molecule has 0 aliphatic rings. The molecule has 0 bridgehead atoms. The van der Waals surface area contributed by atoms with Gasteiger partial charge in [-0.05, 0) is 37.3 Å². The zero-order valence-corrected chi connectivity index (χ0v) is 12.1. The lowest BCUT2D eigenvalue weighted by molar-refractivity contribution is -0.118. The Kier molecular flexibility index (Phi) is 4.58. The first kappa shape index (κ1) is 13.6. The van der Waals surface area contributed by atoms with Gasteiger partial charge < -0.3 is 10.1 Å². The van der Waals surface area contributed by atoms with E-state index < -0.39 is 0 Å². The minimum Gasteiger partial charge on any atom is -0.484 e. The SMILES string of the molecule is Cc1ccc(NC(=O)COc2cccc(Br)c2)cc1. The van der Waals surface area contributed by atoms with Crippen LogP contribution < -0.4 is 10.1 Å². The predicted molar refractivity (Wildman–Crippen MR) is 79.4 cm³/mol. The molecule has 0 saturated heterocycles. The van der Waals surface area contributed by atoms with E-state index in [1.54, 1.807) is 0 Å². The van der Waals surface area contributed by atoms with Crippen LogP contribution in [0.4, 0.5) is 5.69 Å². The number of hydrogen-bond acceptors (Lipinski definition) is 2. The molecule has 98 valence electrons. The molecule has 0 spiro atoms. The summed E-state index contributed by atoms with van der Waals surface area (Å²) in [5.74, 6) is 0.484. The molecule has 0 aliphatic heterocycles. The van der Waals surface area contributed by atoms with Gasteiger partial charge in [0.1, 0.15) is 5.75 Å². The number of anilines is 1. The molecule has 1 amide bonds. The number of amides is 1. The van der Waals surface area contributed by atoms with Crippen molar-refractivity contribution in [1.29, 1.82) is 0 Å². The number of ether oxygens (including phenoxy) is 1. The molecular formula is C15H14BrNO2. The van der Waals surface area contributed by atoms with Gasteiger partial charge in [0.25, 0.3) is 5.91 Å². The molecular weight excluding hydrogens is 306 g/mol. The summed E-state index contributed by atoms with van der Waals surface area (Å²) in [7, 11) is 0. The molecule has 2 rings (SSSR count). The molecule has 3 nitrogen and oxygen atoms in total. The molecule has 0 saturated carbocycles. The van der Waals surface area contributed by atoms with E-state index in [4.69, 9.17) is 4.74 Å². The first-order valence-electron chi connectivity index (χ1n) is 5.88. The molecule has 0 fully saturated rings. The van der Waals surface area contributed by atoms with E-state index in [0.717, 1.165) is 15.7 Å². The van der Waals surface area contributed by atoms with E-state index in [2.05, 4.69) is 21.2 Å². The number of carbonyl (C=O) groups is 1. The fraction of sp³-hybridized carbons (Fsp3) is 0.133. The van der Waals surface area contributed by atoms with Crippen molar-refractivity contribution in [2.75, 3.05) is 11.9 Å². The monoisotopic (exact) mass is 319 g/mol. The number of carbonyl (C=O) groups excluding carboxylic acids is 1. The van der Waals surface area contributed by atoms with E-state index in [9.17, 15) is 4.79 Å². The average Bonchev–Trinajstić information content (AvgIpc) is 2.39. The molecule has 2 aromatic carbocycles. The zero-order valence-electron chi connectivity index (χ0n) is 10.5. The maximum absolute atomic E-state index is 11.7. The van der Waals surface area contributed by atoms with Gasteiger partial charge in [0, 0.05) is 10.2 Å². The minimum absolute atomic E-state index is 0.00959. The Bertz CT molecular complexity index is 567. The van der Waals surface area contributed by atoms with E-state index in [1.807, 2.05) is 55.5 Å². The third kappa shape index (κ3) is 4.41. The molecule has 2 aromatic rings. The van der Waals surface area contributed by atoms with Gasteiger partial charge in [0.05, 0.1) is 0 Å². The van der Waals surface area contributed by atoms with Crippen molar-refractivity contribution in [3.63, 3.8) is 0 Å². The normalized spacial score (nSPS) is 10.0. The molecule has 1 N–H and O–H groups in total. The highest BCUT2D eigenvalue weighted by atomic mass is 79.9. The third-order valence-corrected chi connectivity index (χ3v) is 2.99.